The number of amides is 3. The number of nitrogens with two attached hydrogens (primary N) is 1. The van der Waals surface area contributed by atoms with Gasteiger partial charge in [0.25, 0.3) is 17.7 Å². The molecule has 0 saturated carbocycles. The number of sulfonamides is 1. The first-order chi connectivity index (χ1) is 17.6. The normalized spacial score (nSPS) is 12.8. The van der Waals surface area contributed by atoms with Gasteiger partial charge in [-0.05, 0) is 48.0 Å². The van der Waals surface area contributed by atoms with E-state index >= 15 is 0 Å². The molecule has 3 amide bonds. The molecule has 0 aliphatic carbocycles. The van der Waals surface area contributed by atoms with Crippen molar-refractivity contribution in [1.29, 1.82) is 0 Å². The number of nitrogens with one attached hydrogen (secondary N) is 1. The van der Waals surface area contributed by atoms with Crippen LogP contribution in [0.25, 0.3) is 0 Å². The van der Waals surface area contributed by atoms with Crippen molar-refractivity contribution < 1.29 is 37.1 Å². The number of carbonyl (C=O) groups is 4. The summed E-state index contributed by atoms with van der Waals surface area (Å²) in [5, 5.41) is 7.50. The number of nitrogens with zero attached hydrogens (tertiary/aromatic N) is 1. The highest BCUT2D eigenvalue weighted by molar-refractivity contribution is 7.89. The predicted molar refractivity (Wildman–Crippen MR) is 130 cm³/mol. The zero-order valence-electron chi connectivity index (χ0n) is 19.5. The van der Waals surface area contributed by atoms with Gasteiger partial charge in [0, 0.05) is 5.69 Å². The van der Waals surface area contributed by atoms with Crippen LogP contribution in [-0.2, 0) is 26.1 Å². The Kier molecular flexibility index (Phi) is 7.05. The Balaban J connectivity index is 1.44. The predicted octanol–water partition coefficient (Wildman–Crippen LogP) is 1.93. The minimum atomic E-state index is -3.96. The average Bonchev–Trinajstić information content (AvgIpc) is 3.12. The molecule has 0 fully saturated rings. The van der Waals surface area contributed by atoms with Gasteiger partial charge in [0.1, 0.15) is 11.3 Å². The number of imide groups is 1. The lowest BCUT2D eigenvalue weighted by Crippen LogP contribution is -2.29. The van der Waals surface area contributed by atoms with Gasteiger partial charge in [-0.3, -0.25) is 19.3 Å². The van der Waals surface area contributed by atoms with Gasteiger partial charge in [0.05, 0.1) is 29.7 Å². The van der Waals surface area contributed by atoms with Crippen molar-refractivity contribution in [2.24, 2.45) is 5.14 Å². The first kappa shape index (κ1) is 25.5. The Morgan fingerprint density at radius 1 is 0.946 bits per heavy atom. The summed E-state index contributed by atoms with van der Waals surface area (Å²) in [6.45, 7) is -0.762. The van der Waals surface area contributed by atoms with Crippen LogP contribution in [0, 0.1) is 0 Å². The number of rotatable bonds is 8. The van der Waals surface area contributed by atoms with E-state index in [2.05, 4.69) is 5.32 Å². The molecule has 3 aromatic rings. The molecular weight excluding hydrogens is 502 g/mol. The smallest absolute Gasteiger partial charge is 0.342 e. The van der Waals surface area contributed by atoms with E-state index in [4.69, 9.17) is 14.6 Å². The summed E-state index contributed by atoms with van der Waals surface area (Å²) in [5.41, 5.74) is 1.21. The second-order valence-corrected chi connectivity index (χ2v) is 9.54. The van der Waals surface area contributed by atoms with Crippen LogP contribution in [0.3, 0.4) is 0 Å². The molecule has 0 spiro atoms. The van der Waals surface area contributed by atoms with E-state index in [1.807, 2.05) is 0 Å². The largest absolute Gasteiger partial charge is 0.496 e. The molecule has 11 nitrogen and oxygen atoms in total. The molecule has 1 aliphatic rings. The summed E-state index contributed by atoms with van der Waals surface area (Å²) >= 11 is 0. The average molecular weight is 524 g/mol. The fourth-order valence-electron chi connectivity index (χ4n) is 3.74. The number of carbonyl (C=O) groups excluding carboxylic acids is 4. The van der Waals surface area contributed by atoms with E-state index < -0.39 is 40.3 Å². The molecule has 0 radical (unpaired) electrons. The summed E-state index contributed by atoms with van der Waals surface area (Å²) < 4.78 is 33.3. The highest BCUT2D eigenvalue weighted by Gasteiger charge is 2.35. The van der Waals surface area contributed by atoms with Crippen molar-refractivity contribution in [2.75, 3.05) is 19.0 Å². The van der Waals surface area contributed by atoms with Gasteiger partial charge in [-0.25, -0.2) is 18.4 Å². The van der Waals surface area contributed by atoms with Crippen LogP contribution < -0.4 is 15.2 Å². The Labute approximate surface area is 211 Å². The quantitative estimate of drug-likeness (QED) is 0.334. The lowest BCUT2D eigenvalue weighted by Gasteiger charge is -2.16. The highest BCUT2D eigenvalue weighted by atomic mass is 32.2. The minimum absolute atomic E-state index is 0.0133. The Bertz CT molecular complexity index is 1500. The molecule has 190 valence electrons. The van der Waals surface area contributed by atoms with Crippen molar-refractivity contribution in [3.63, 3.8) is 0 Å². The lowest BCUT2D eigenvalue weighted by molar-refractivity contribution is -0.119. The van der Waals surface area contributed by atoms with Gasteiger partial charge >= 0.3 is 5.97 Å². The van der Waals surface area contributed by atoms with Crippen molar-refractivity contribution in [3.05, 3.63) is 89.0 Å². The number of hydrogen-bond acceptors (Lipinski definition) is 8. The van der Waals surface area contributed by atoms with E-state index in [1.54, 1.807) is 30.3 Å². The van der Waals surface area contributed by atoms with E-state index in [9.17, 15) is 27.6 Å². The van der Waals surface area contributed by atoms with Crippen molar-refractivity contribution >= 4 is 39.4 Å². The molecule has 0 bridgehead atoms. The van der Waals surface area contributed by atoms with Crippen LogP contribution >= 0.6 is 0 Å². The molecule has 3 aromatic carbocycles. The zero-order valence-corrected chi connectivity index (χ0v) is 20.3. The third kappa shape index (κ3) is 5.50. The number of hydrogen-bond donors (Lipinski definition) is 2. The van der Waals surface area contributed by atoms with Crippen LogP contribution in [0.4, 0.5) is 5.69 Å². The fraction of sp³-hybridized carbons (Fsp3) is 0.120. The molecule has 0 unspecified atom stereocenters. The molecule has 3 N–H and O–H groups in total. The van der Waals surface area contributed by atoms with E-state index in [0.717, 1.165) is 4.90 Å². The lowest BCUT2D eigenvalue weighted by atomic mass is 10.1. The minimum Gasteiger partial charge on any atom is -0.496 e. The first-order valence-corrected chi connectivity index (χ1v) is 12.3. The highest BCUT2D eigenvalue weighted by Crippen LogP contribution is 2.27. The monoisotopic (exact) mass is 523 g/mol. The number of ether oxygens (including phenoxy) is 2. The molecule has 12 heteroatoms. The van der Waals surface area contributed by atoms with E-state index in [0.29, 0.717) is 16.7 Å². The van der Waals surface area contributed by atoms with Crippen molar-refractivity contribution in [3.8, 4) is 5.75 Å². The third-order valence-electron chi connectivity index (χ3n) is 5.48. The van der Waals surface area contributed by atoms with Gasteiger partial charge in [-0.2, -0.15) is 0 Å². The molecule has 4 rings (SSSR count). The summed E-state index contributed by atoms with van der Waals surface area (Å²) in [5.74, 6) is -2.32. The molecule has 0 aromatic heterocycles. The van der Waals surface area contributed by atoms with E-state index in [-0.39, 0.29) is 28.4 Å². The maximum absolute atomic E-state index is 12.7. The Morgan fingerprint density at radius 2 is 1.62 bits per heavy atom. The molecule has 1 aliphatic heterocycles. The molecule has 0 atom stereocenters. The molecular formula is C25H21N3O8S. The van der Waals surface area contributed by atoms with Gasteiger partial charge < -0.3 is 14.8 Å². The van der Waals surface area contributed by atoms with Crippen LogP contribution in [-0.4, -0.2) is 50.7 Å². The number of fused-ring (bicyclic) bond motifs is 1. The van der Waals surface area contributed by atoms with Gasteiger partial charge in [-0.15, -0.1) is 0 Å². The van der Waals surface area contributed by atoms with Gasteiger partial charge in [0.15, 0.2) is 6.61 Å². The number of benzene rings is 3. The van der Waals surface area contributed by atoms with Crippen LogP contribution in [0.1, 0.15) is 36.6 Å². The van der Waals surface area contributed by atoms with Crippen LogP contribution in [0.15, 0.2) is 71.6 Å². The van der Waals surface area contributed by atoms with Gasteiger partial charge in [0.2, 0.25) is 10.0 Å². The standard InChI is InChI=1S/C25H21N3O8S/c1-35-21-10-9-15(13-28-23(30)18-7-2-3-8-19(18)24(28)31)11-20(21)25(32)36-14-22(29)27-16-5-4-6-17(12-16)37(26,33)34/h2-12H,13-14H2,1H3,(H,27,29)(H2,26,33,34). The fourth-order valence-corrected chi connectivity index (χ4v) is 4.29. The van der Waals surface area contributed by atoms with Gasteiger partial charge in [-0.1, -0.05) is 24.3 Å². The molecule has 37 heavy (non-hydrogen) atoms. The first-order valence-electron chi connectivity index (χ1n) is 10.8. The number of methoxy groups -OCH3 is 1. The number of anilines is 1. The SMILES string of the molecule is COc1ccc(CN2C(=O)c3ccccc3C2=O)cc1C(=O)OCC(=O)Nc1cccc(S(N)(=O)=O)c1. The maximum Gasteiger partial charge on any atom is 0.342 e. The second-order valence-electron chi connectivity index (χ2n) is 7.97. The summed E-state index contributed by atoms with van der Waals surface area (Å²) in [7, 11) is -2.61. The molecule has 0 saturated heterocycles. The summed E-state index contributed by atoms with van der Waals surface area (Å²) in [6, 6.07) is 16.3. The summed E-state index contributed by atoms with van der Waals surface area (Å²) in [6.07, 6.45) is 0. The van der Waals surface area contributed by atoms with Crippen molar-refractivity contribution in [2.45, 2.75) is 11.4 Å². The Morgan fingerprint density at radius 3 is 2.24 bits per heavy atom. The van der Waals surface area contributed by atoms with Crippen molar-refractivity contribution in [1.82, 2.24) is 4.90 Å². The number of esters is 1. The van der Waals surface area contributed by atoms with Crippen LogP contribution in [0.5, 0.6) is 5.75 Å². The summed E-state index contributed by atoms with van der Waals surface area (Å²) in [4.78, 5) is 51.2. The number of primary sulfonamides is 1. The zero-order chi connectivity index (χ0) is 26.7. The Hall–Kier alpha value is -4.55. The van der Waals surface area contributed by atoms with E-state index in [1.165, 1.54) is 43.5 Å². The maximum atomic E-state index is 12.7. The van der Waals surface area contributed by atoms with Crippen LogP contribution in [0.2, 0.25) is 0 Å². The second kappa shape index (κ2) is 10.2. The molecule has 1 heterocycles. The topological polar surface area (TPSA) is 162 Å². The third-order valence-corrected chi connectivity index (χ3v) is 6.39.